The Kier molecular flexibility index (Phi) is 15.6. The molecule has 1 aliphatic heterocycles. The highest BCUT2D eigenvalue weighted by Gasteiger charge is 2.41. The highest BCUT2D eigenvalue weighted by atomic mass is 16.5. The molecule has 0 bridgehead atoms. The van der Waals surface area contributed by atoms with E-state index in [1.54, 1.807) is 16.9 Å². The summed E-state index contributed by atoms with van der Waals surface area (Å²) in [6, 6.07) is 25.9. The van der Waals surface area contributed by atoms with Gasteiger partial charge >= 0.3 is 6.03 Å². The lowest BCUT2D eigenvalue weighted by atomic mass is 9.88. The van der Waals surface area contributed by atoms with Crippen LogP contribution in [0.2, 0.25) is 0 Å². The number of para-hydroxylation sites is 3. The predicted molar refractivity (Wildman–Crippen MR) is 202 cm³/mol. The van der Waals surface area contributed by atoms with Crippen LogP contribution in [-0.4, -0.2) is 85.5 Å². The van der Waals surface area contributed by atoms with Gasteiger partial charge in [0.15, 0.2) is 0 Å². The molecule has 270 valence electrons. The van der Waals surface area contributed by atoms with Crippen molar-refractivity contribution in [3.05, 3.63) is 90.5 Å². The minimum atomic E-state index is -0.784. The van der Waals surface area contributed by atoms with E-state index < -0.39 is 6.04 Å². The second-order valence-electron chi connectivity index (χ2n) is 13.3. The van der Waals surface area contributed by atoms with Crippen LogP contribution < -0.4 is 15.0 Å². The van der Waals surface area contributed by atoms with Gasteiger partial charge in [0.25, 0.3) is 0 Å². The molecule has 9 heteroatoms. The fraction of sp³-hybridized carbons (Fsp3) is 0.488. The number of likely N-dealkylation sites (tertiary alicyclic amines) is 1. The molecule has 0 unspecified atom stereocenters. The van der Waals surface area contributed by atoms with Gasteiger partial charge in [0.2, 0.25) is 11.8 Å². The number of rotatable bonds is 18. The second kappa shape index (κ2) is 20.3. The summed E-state index contributed by atoms with van der Waals surface area (Å²) in [6.07, 6.45) is 7.10. The molecule has 3 aromatic carbocycles. The Morgan fingerprint density at radius 1 is 0.800 bits per heavy atom. The first-order valence-electron chi connectivity index (χ1n) is 18.5. The number of carbonyl (C=O) groups excluding carboxylic acids is 3. The van der Waals surface area contributed by atoms with Gasteiger partial charge in [-0.25, -0.2) is 4.79 Å². The Balaban J connectivity index is 1.54. The number of methoxy groups -OCH3 is 1. The van der Waals surface area contributed by atoms with Crippen molar-refractivity contribution in [3.63, 3.8) is 0 Å². The van der Waals surface area contributed by atoms with Gasteiger partial charge in [-0.1, -0.05) is 94.1 Å². The summed E-state index contributed by atoms with van der Waals surface area (Å²) in [5.74, 6) is 0.385. The summed E-state index contributed by atoms with van der Waals surface area (Å²) in [4.78, 5) is 50.3. The van der Waals surface area contributed by atoms with Crippen LogP contribution >= 0.6 is 0 Å². The standard InChI is InChI=1S/C41H57N5O4/c1-5-7-17-27-44(28-18-8-6-2)40(48)33-25-29-45(41(49)46(35-20-11-9-12-21-35)36-22-13-10-14-23-36)37(31-33)39(47)42-26-30-43(3)32-34-19-15-16-24-38(34)50-4/h9-16,19-24,33,37H,5-8,17-18,25-32H2,1-4H3,(H,42,47)/t33-,37-/m0/s1. The van der Waals surface area contributed by atoms with Gasteiger partial charge in [-0.3, -0.25) is 14.5 Å². The van der Waals surface area contributed by atoms with Crippen molar-refractivity contribution < 1.29 is 19.1 Å². The molecular weight excluding hydrogens is 626 g/mol. The lowest BCUT2D eigenvalue weighted by molar-refractivity contribution is -0.139. The first-order valence-corrected chi connectivity index (χ1v) is 18.5. The van der Waals surface area contributed by atoms with Crippen molar-refractivity contribution in [2.75, 3.05) is 51.8 Å². The van der Waals surface area contributed by atoms with E-state index in [-0.39, 0.29) is 23.8 Å². The van der Waals surface area contributed by atoms with Crippen LogP contribution in [0, 0.1) is 5.92 Å². The van der Waals surface area contributed by atoms with Crippen molar-refractivity contribution in [2.45, 2.75) is 77.8 Å². The number of anilines is 2. The molecule has 1 fully saturated rings. The van der Waals surface area contributed by atoms with E-state index in [0.717, 1.165) is 74.3 Å². The number of benzene rings is 3. The highest BCUT2D eigenvalue weighted by Crippen LogP contribution is 2.32. The fourth-order valence-electron chi connectivity index (χ4n) is 6.71. The molecule has 0 radical (unpaired) electrons. The molecular formula is C41H57N5O4. The first kappa shape index (κ1) is 38.4. The molecule has 1 N–H and O–H groups in total. The number of likely N-dealkylation sites (N-methyl/N-ethyl adjacent to an activating group) is 1. The normalized spacial score (nSPS) is 15.8. The topological polar surface area (TPSA) is 85.4 Å². The van der Waals surface area contributed by atoms with Gasteiger partial charge in [0.05, 0.1) is 18.5 Å². The number of urea groups is 1. The Morgan fingerprint density at radius 2 is 1.38 bits per heavy atom. The zero-order chi connectivity index (χ0) is 35.7. The molecule has 1 saturated heterocycles. The van der Waals surface area contributed by atoms with E-state index >= 15 is 0 Å². The number of nitrogens with zero attached hydrogens (tertiary/aromatic N) is 4. The molecule has 4 amide bonds. The molecule has 4 rings (SSSR count). The van der Waals surface area contributed by atoms with Gasteiger partial charge in [0.1, 0.15) is 11.8 Å². The summed E-state index contributed by atoms with van der Waals surface area (Å²) in [5.41, 5.74) is 2.51. The van der Waals surface area contributed by atoms with Crippen LogP contribution in [0.15, 0.2) is 84.9 Å². The van der Waals surface area contributed by atoms with Crippen LogP contribution in [0.4, 0.5) is 16.2 Å². The van der Waals surface area contributed by atoms with E-state index in [2.05, 4.69) is 24.1 Å². The average molecular weight is 684 g/mol. The van der Waals surface area contributed by atoms with Crippen LogP contribution in [0.3, 0.4) is 0 Å². The molecule has 3 aromatic rings. The third-order valence-electron chi connectivity index (χ3n) is 9.52. The van der Waals surface area contributed by atoms with Crippen molar-refractivity contribution in [3.8, 4) is 5.75 Å². The first-order chi connectivity index (χ1) is 24.4. The van der Waals surface area contributed by atoms with E-state index in [4.69, 9.17) is 4.74 Å². The molecule has 1 aliphatic rings. The van der Waals surface area contributed by atoms with Crippen molar-refractivity contribution in [2.24, 2.45) is 5.92 Å². The quantitative estimate of drug-likeness (QED) is 0.141. The molecule has 0 saturated carbocycles. The van der Waals surface area contributed by atoms with Gasteiger partial charge in [-0.15, -0.1) is 0 Å². The van der Waals surface area contributed by atoms with Crippen LogP contribution in [0.1, 0.15) is 70.8 Å². The minimum absolute atomic E-state index is 0.113. The zero-order valence-corrected chi connectivity index (χ0v) is 30.6. The van der Waals surface area contributed by atoms with E-state index in [0.29, 0.717) is 39.0 Å². The van der Waals surface area contributed by atoms with E-state index in [9.17, 15) is 14.4 Å². The van der Waals surface area contributed by atoms with Crippen molar-refractivity contribution >= 4 is 29.2 Å². The van der Waals surface area contributed by atoms with E-state index in [1.165, 1.54) is 0 Å². The maximum absolute atomic E-state index is 14.6. The molecule has 0 spiro atoms. The van der Waals surface area contributed by atoms with Gasteiger partial charge < -0.3 is 24.8 Å². The van der Waals surface area contributed by atoms with E-state index in [1.807, 2.05) is 96.9 Å². The maximum Gasteiger partial charge on any atom is 0.329 e. The Hall–Kier alpha value is -4.37. The Labute approximate surface area is 299 Å². The number of piperidine rings is 1. The number of ether oxygens (including phenoxy) is 1. The minimum Gasteiger partial charge on any atom is -0.496 e. The third kappa shape index (κ3) is 10.8. The number of amides is 4. The Morgan fingerprint density at radius 3 is 1.96 bits per heavy atom. The molecule has 0 aromatic heterocycles. The average Bonchev–Trinajstić information content (AvgIpc) is 3.15. The lowest BCUT2D eigenvalue weighted by Gasteiger charge is -2.41. The fourth-order valence-corrected chi connectivity index (χ4v) is 6.71. The monoisotopic (exact) mass is 683 g/mol. The number of carbonyl (C=O) groups is 3. The van der Waals surface area contributed by atoms with Gasteiger partial charge in [-0.05, 0) is 63.1 Å². The lowest BCUT2D eigenvalue weighted by Crippen LogP contribution is -2.58. The summed E-state index contributed by atoms with van der Waals surface area (Å²) in [6.45, 7) is 7.81. The Bertz CT molecular complexity index is 1420. The third-order valence-corrected chi connectivity index (χ3v) is 9.52. The SMILES string of the molecule is CCCCCN(CCCCC)C(=O)[C@H]1CCN(C(=O)N(c2ccccc2)c2ccccc2)[C@H](C(=O)NCCN(C)Cc2ccccc2OC)C1. The smallest absolute Gasteiger partial charge is 0.329 e. The van der Waals surface area contributed by atoms with Crippen LogP contribution in [0.5, 0.6) is 5.75 Å². The largest absolute Gasteiger partial charge is 0.496 e. The highest BCUT2D eigenvalue weighted by molar-refractivity contribution is 6.01. The number of hydrogen-bond donors (Lipinski definition) is 1. The number of unbranched alkanes of at least 4 members (excludes halogenated alkanes) is 4. The number of nitrogens with one attached hydrogen (secondary N) is 1. The van der Waals surface area contributed by atoms with Crippen LogP contribution in [-0.2, 0) is 16.1 Å². The maximum atomic E-state index is 14.6. The summed E-state index contributed by atoms with van der Waals surface area (Å²) < 4.78 is 5.52. The second-order valence-corrected chi connectivity index (χ2v) is 13.3. The van der Waals surface area contributed by atoms with Gasteiger partial charge in [-0.2, -0.15) is 0 Å². The zero-order valence-electron chi connectivity index (χ0n) is 30.6. The van der Waals surface area contributed by atoms with Crippen molar-refractivity contribution in [1.29, 1.82) is 0 Å². The summed E-state index contributed by atoms with van der Waals surface area (Å²) in [5, 5.41) is 3.12. The molecule has 9 nitrogen and oxygen atoms in total. The predicted octanol–water partition coefficient (Wildman–Crippen LogP) is 7.49. The molecule has 0 aliphatic carbocycles. The molecule has 2 atom stereocenters. The van der Waals surface area contributed by atoms with Crippen LogP contribution in [0.25, 0.3) is 0 Å². The number of hydrogen-bond acceptors (Lipinski definition) is 5. The van der Waals surface area contributed by atoms with Crippen molar-refractivity contribution in [1.82, 2.24) is 20.0 Å². The molecule has 50 heavy (non-hydrogen) atoms. The van der Waals surface area contributed by atoms with Gasteiger partial charge in [0, 0.05) is 50.7 Å². The summed E-state index contributed by atoms with van der Waals surface area (Å²) in [7, 11) is 3.67. The molecule has 1 heterocycles. The summed E-state index contributed by atoms with van der Waals surface area (Å²) >= 11 is 0.